The standard InChI is InChI=1S/C16H23NO2/c1-2-3-4-8-11-17-12-16(18)14-19-13-15-9-6-5-7-10-15/h1,5-7,9-10,16-18H,3-4,8,11-14H2. The Morgan fingerprint density at radius 1 is 1.26 bits per heavy atom. The summed E-state index contributed by atoms with van der Waals surface area (Å²) in [6, 6.07) is 9.95. The number of aliphatic hydroxyl groups is 1. The van der Waals surface area contributed by atoms with E-state index in [1.165, 1.54) is 0 Å². The van der Waals surface area contributed by atoms with E-state index < -0.39 is 6.10 Å². The van der Waals surface area contributed by atoms with Crippen LogP contribution in [0.2, 0.25) is 0 Å². The molecule has 0 saturated carbocycles. The second kappa shape index (κ2) is 10.6. The van der Waals surface area contributed by atoms with Crippen LogP contribution in [0.5, 0.6) is 0 Å². The van der Waals surface area contributed by atoms with E-state index in [-0.39, 0.29) is 0 Å². The lowest BCUT2D eigenvalue weighted by atomic mass is 10.2. The van der Waals surface area contributed by atoms with Crippen LogP contribution in [0.15, 0.2) is 30.3 Å². The fraction of sp³-hybridized carbons (Fsp3) is 0.500. The molecule has 2 N–H and O–H groups in total. The number of ether oxygens (including phenoxy) is 1. The first kappa shape index (κ1) is 15.7. The largest absolute Gasteiger partial charge is 0.389 e. The van der Waals surface area contributed by atoms with Crippen LogP contribution in [0.25, 0.3) is 0 Å². The van der Waals surface area contributed by atoms with Gasteiger partial charge in [0.05, 0.1) is 19.3 Å². The minimum atomic E-state index is -0.462. The second-order valence-electron chi connectivity index (χ2n) is 4.52. The van der Waals surface area contributed by atoms with Crippen LogP contribution in [-0.2, 0) is 11.3 Å². The van der Waals surface area contributed by atoms with Crippen LogP contribution in [-0.4, -0.2) is 30.9 Å². The van der Waals surface area contributed by atoms with Gasteiger partial charge in [0, 0.05) is 13.0 Å². The molecule has 3 heteroatoms. The zero-order valence-corrected chi connectivity index (χ0v) is 11.3. The molecule has 3 nitrogen and oxygen atoms in total. The molecule has 1 aromatic carbocycles. The molecule has 1 atom stereocenters. The normalized spacial score (nSPS) is 12.0. The summed E-state index contributed by atoms with van der Waals surface area (Å²) >= 11 is 0. The Morgan fingerprint density at radius 3 is 2.79 bits per heavy atom. The highest BCUT2D eigenvalue weighted by atomic mass is 16.5. The third kappa shape index (κ3) is 8.39. The van der Waals surface area contributed by atoms with E-state index in [2.05, 4.69) is 11.2 Å². The minimum absolute atomic E-state index is 0.353. The van der Waals surface area contributed by atoms with Gasteiger partial charge in [0.2, 0.25) is 0 Å². The first-order valence-electron chi connectivity index (χ1n) is 6.77. The summed E-state index contributed by atoms with van der Waals surface area (Å²) in [7, 11) is 0. The van der Waals surface area contributed by atoms with E-state index >= 15 is 0 Å². The summed E-state index contributed by atoms with van der Waals surface area (Å²) in [5.74, 6) is 2.61. The first-order valence-corrected chi connectivity index (χ1v) is 6.77. The SMILES string of the molecule is C#CCCCCNCC(O)COCc1ccccc1. The number of benzene rings is 1. The predicted molar refractivity (Wildman–Crippen MR) is 77.7 cm³/mol. The summed E-state index contributed by atoms with van der Waals surface area (Å²) < 4.78 is 5.46. The quantitative estimate of drug-likeness (QED) is 0.500. The maximum Gasteiger partial charge on any atom is 0.0897 e. The van der Waals surface area contributed by atoms with Gasteiger partial charge in [-0.25, -0.2) is 0 Å². The summed E-state index contributed by atoms with van der Waals surface area (Å²) in [4.78, 5) is 0. The van der Waals surface area contributed by atoms with Crippen LogP contribution in [0.4, 0.5) is 0 Å². The lowest BCUT2D eigenvalue weighted by Gasteiger charge is -2.12. The Labute approximate surface area is 116 Å². The minimum Gasteiger partial charge on any atom is -0.389 e. The maximum absolute atomic E-state index is 9.71. The molecule has 0 radical (unpaired) electrons. The van der Waals surface area contributed by atoms with E-state index in [1.807, 2.05) is 30.3 Å². The topological polar surface area (TPSA) is 41.5 Å². The smallest absolute Gasteiger partial charge is 0.0897 e. The molecule has 0 saturated heterocycles. The van der Waals surface area contributed by atoms with Crippen LogP contribution < -0.4 is 5.32 Å². The Hall–Kier alpha value is -1.34. The zero-order chi connectivity index (χ0) is 13.8. The van der Waals surface area contributed by atoms with Crippen molar-refractivity contribution in [2.24, 2.45) is 0 Å². The first-order chi connectivity index (χ1) is 9.33. The molecule has 1 rings (SSSR count). The monoisotopic (exact) mass is 261 g/mol. The molecular formula is C16H23NO2. The van der Waals surface area contributed by atoms with Crippen molar-refractivity contribution in [2.75, 3.05) is 19.7 Å². The van der Waals surface area contributed by atoms with Crippen molar-refractivity contribution in [1.82, 2.24) is 5.32 Å². The third-order valence-electron chi connectivity index (χ3n) is 2.73. The summed E-state index contributed by atoms with van der Waals surface area (Å²) in [5, 5.41) is 12.9. The van der Waals surface area contributed by atoms with Crippen LogP contribution >= 0.6 is 0 Å². The molecule has 19 heavy (non-hydrogen) atoms. The van der Waals surface area contributed by atoms with E-state index in [4.69, 9.17) is 11.2 Å². The molecule has 0 aliphatic heterocycles. The number of nitrogens with one attached hydrogen (secondary N) is 1. The lowest BCUT2D eigenvalue weighted by molar-refractivity contribution is 0.0289. The van der Waals surface area contributed by atoms with Crippen LogP contribution in [0, 0.1) is 12.3 Å². The maximum atomic E-state index is 9.71. The highest BCUT2D eigenvalue weighted by Gasteiger charge is 2.03. The highest BCUT2D eigenvalue weighted by molar-refractivity contribution is 5.13. The molecule has 0 spiro atoms. The molecule has 0 amide bonds. The van der Waals surface area contributed by atoms with Crippen molar-refractivity contribution in [2.45, 2.75) is 32.0 Å². The van der Waals surface area contributed by atoms with Gasteiger partial charge < -0.3 is 15.2 Å². The molecule has 0 aromatic heterocycles. The molecule has 0 bridgehead atoms. The van der Waals surface area contributed by atoms with E-state index in [1.54, 1.807) is 0 Å². The van der Waals surface area contributed by atoms with Crippen molar-refractivity contribution >= 4 is 0 Å². The van der Waals surface area contributed by atoms with Crippen molar-refractivity contribution in [3.05, 3.63) is 35.9 Å². The van der Waals surface area contributed by atoms with Gasteiger partial charge in [0.1, 0.15) is 0 Å². The van der Waals surface area contributed by atoms with Crippen LogP contribution in [0.3, 0.4) is 0 Å². The molecule has 1 aromatic rings. The zero-order valence-electron chi connectivity index (χ0n) is 11.3. The summed E-state index contributed by atoms with van der Waals surface area (Å²) in [6.07, 6.45) is 7.60. The van der Waals surface area contributed by atoms with E-state index in [0.717, 1.165) is 31.4 Å². The van der Waals surface area contributed by atoms with Gasteiger partial charge in [-0.3, -0.25) is 0 Å². The third-order valence-corrected chi connectivity index (χ3v) is 2.73. The van der Waals surface area contributed by atoms with Gasteiger partial charge in [-0.2, -0.15) is 0 Å². The Bertz CT molecular complexity index is 359. The average Bonchev–Trinajstić information content (AvgIpc) is 2.44. The Balaban J connectivity index is 1.96. The van der Waals surface area contributed by atoms with Gasteiger partial charge in [0.25, 0.3) is 0 Å². The number of terminal acetylenes is 1. The molecule has 1 unspecified atom stereocenters. The summed E-state index contributed by atoms with van der Waals surface area (Å²) in [5.41, 5.74) is 1.12. The van der Waals surface area contributed by atoms with E-state index in [9.17, 15) is 5.11 Å². The van der Waals surface area contributed by atoms with Gasteiger partial charge >= 0.3 is 0 Å². The molecule has 0 heterocycles. The van der Waals surface area contributed by atoms with Gasteiger partial charge in [-0.1, -0.05) is 30.3 Å². The number of hydrogen-bond acceptors (Lipinski definition) is 3. The van der Waals surface area contributed by atoms with Crippen molar-refractivity contribution in [3.63, 3.8) is 0 Å². The second-order valence-corrected chi connectivity index (χ2v) is 4.52. The summed E-state index contributed by atoms with van der Waals surface area (Å²) in [6.45, 7) is 2.34. The van der Waals surface area contributed by atoms with Gasteiger partial charge in [-0.05, 0) is 24.9 Å². The van der Waals surface area contributed by atoms with Gasteiger partial charge in [0.15, 0.2) is 0 Å². The molecule has 0 fully saturated rings. The van der Waals surface area contributed by atoms with Crippen molar-refractivity contribution < 1.29 is 9.84 Å². The molecular weight excluding hydrogens is 238 g/mol. The number of unbranched alkanes of at least 4 members (excludes halogenated alkanes) is 2. The van der Waals surface area contributed by atoms with E-state index in [0.29, 0.717) is 19.8 Å². The Morgan fingerprint density at radius 2 is 2.05 bits per heavy atom. The van der Waals surface area contributed by atoms with Gasteiger partial charge in [-0.15, -0.1) is 12.3 Å². The Kier molecular flexibility index (Phi) is 8.74. The predicted octanol–water partition coefficient (Wildman–Crippen LogP) is 1.96. The van der Waals surface area contributed by atoms with Crippen molar-refractivity contribution in [3.8, 4) is 12.3 Å². The molecule has 104 valence electrons. The lowest BCUT2D eigenvalue weighted by Crippen LogP contribution is -2.31. The fourth-order valence-electron chi connectivity index (χ4n) is 1.69. The average molecular weight is 261 g/mol. The number of aliphatic hydroxyl groups excluding tert-OH is 1. The molecule has 0 aliphatic rings. The fourth-order valence-corrected chi connectivity index (χ4v) is 1.69. The number of hydrogen-bond donors (Lipinski definition) is 2. The van der Waals surface area contributed by atoms with Crippen molar-refractivity contribution in [1.29, 1.82) is 0 Å². The molecule has 0 aliphatic carbocycles. The highest BCUT2D eigenvalue weighted by Crippen LogP contribution is 2.00. The number of rotatable bonds is 10. The van der Waals surface area contributed by atoms with Crippen LogP contribution in [0.1, 0.15) is 24.8 Å².